The normalized spacial score (nSPS) is 14.8. The molecule has 1 fully saturated rings. The van der Waals surface area contributed by atoms with Crippen molar-refractivity contribution in [3.8, 4) is 0 Å². The summed E-state index contributed by atoms with van der Waals surface area (Å²) < 4.78 is 0. The number of halogens is 1. The van der Waals surface area contributed by atoms with Crippen LogP contribution in [-0.4, -0.2) is 21.4 Å². The SMILES string of the molecule is O=[N+]([O-])c1cnc(Cl)nc1NCCC1CC1. The maximum atomic E-state index is 10.7. The Morgan fingerprint density at radius 3 is 3.00 bits per heavy atom. The van der Waals surface area contributed by atoms with Crippen molar-refractivity contribution >= 4 is 23.1 Å². The minimum Gasteiger partial charge on any atom is -0.364 e. The zero-order valence-electron chi connectivity index (χ0n) is 8.52. The fourth-order valence-corrected chi connectivity index (χ4v) is 1.55. The number of anilines is 1. The highest BCUT2D eigenvalue weighted by atomic mass is 35.5. The smallest absolute Gasteiger partial charge is 0.329 e. The van der Waals surface area contributed by atoms with Crippen LogP contribution in [0.25, 0.3) is 0 Å². The molecule has 1 aromatic rings. The van der Waals surface area contributed by atoms with Crippen LogP contribution in [0.4, 0.5) is 11.5 Å². The van der Waals surface area contributed by atoms with E-state index in [1.807, 2.05) is 0 Å². The van der Waals surface area contributed by atoms with Crippen molar-refractivity contribution < 1.29 is 4.92 Å². The number of nitrogens with one attached hydrogen (secondary N) is 1. The Hall–Kier alpha value is -1.43. The van der Waals surface area contributed by atoms with Crippen LogP contribution < -0.4 is 5.32 Å². The molecule has 0 saturated heterocycles. The molecule has 0 bridgehead atoms. The first-order chi connectivity index (χ1) is 7.66. The molecular weight excluding hydrogens is 232 g/mol. The number of rotatable bonds is 5. The number of aromatic nitrogens is 2. The molecule has 1 N–H and O–H groups in total. The molecule has 2 rings (SSSR count). The van der Waals surface area contributed by atoms with Crippen molar-refractivity contribution in [2.24, 2.45) is 5.92 Å². The van der Waals surface area contributed by atoms with Crippen LogP contribution in [0.2, 0.25) is 5.28 Å². The quantitative estimate of drug-likeness (QED) is 0.487. The van der Waals surface area contributed by atoms with Crippen LogP contribution in [-0.2, 0) is 0 Å². The lowest BCUT2D eigenvalue weighted by atomic mass is 10.3. The van der Waals surface area contributed by atoms with Gasteiger partial charge in [0.1, 0.15) is 6.20 Å². The number of nitro groups is 1. The minimum atomic E-state index is -0.518. The van der Waals surface area contributed by atoms with Gasteiger partial charge in [-0.05, 0) is 23.9 Å². The van der Waals surface area contributed by atoms with Gasteiger partial charge < -0.3 is 5.32 Å². The van der Waals surface area contributed by atoms with Crippen molar-refractivity contribution in [2.75, 3.05) is 11.9 Å². The second-order valence-corrected chi connectivity index (χ2v) is 4.13. The zero-order chi connectivity index (χ0) is 11.5. The van der Waals surface area contributed by atoms with Crippen LogP contribution >= 0.6 is 11.6 Å². The highest BCUT2D eigenvalue weighted by Crippen LogP contribution is 2.32. The molecule has 0 unspecified atom stereocenters. The first kappa shape index (κ1) is 11.1. The Bertz CT molecular complexity index is 408. The van der Waals surface area contributed by atoms with Crippen molar-refractivity contribution in [1.29, 1.82) is 0 Å². The molecule has 1 aliphatic carbocycles. The molecule has 0 aliphatic heterocycles. The van der Waals surface area contributed by atoms with E-state index >= 15 is 0 Å². The summed E-state index contributed by atoms with van der Waals surface area (Å²) in [5.74, 6) is 0.967. The molecule has 0 amide bonds. The van der Waals surface area contributed by atoms with Crippen LogP contribution in [0.3, 0.4) is 0 Å². The number of hydrogen-bond acceptors (Lipinski definition) is 5. The number of nitrogens with zero attached hydrogens (tertiary/aromatic N) is 3. The molecule has 0 radical (unpaired) electrons. The van der Waals surface area contributed by atoms with E-state index < -0.39 is 4.92 Å². The van der Waals surface area contributed by atoms with Crippen molar-refractivity contribution in [1.82, 2.24) is 9.97 Å². The van der Waals surface area contributed by atoms with E-state index in [0.29, 0.717) is 6.54 Å². The van der Waals surface area contributed by atoms with Gasteiger partial charge in [-0.1, -0.05) is 12.8 Å². The Kier molecular flexibility index (Phi) is 3.19. The third-order valence-electron chi connectivity index (χ3n) is 2.48. The first-order valence-electron chi connectivity index (χ1n) is 5.07. The Morgan fingerprint density at radius 1 is 1.62 bits per heavy atom. The Morgan fingerprint density at radius 2 is 2.38 bits per heavy atom. The summed E-state index contributed by atoms with van der Waals surface area (Å²) in [7, 11) is 0. The topological polar surface area (TPSA) is 81.0 Å². The summed E-state index contributed by atoms with van der Waals surface area (Å²) in [5, 5.41) is 13.6. The summed E-state index contributed by atoms with van der Waals surface area (Å²) in [6.45, 7) is 0.679. The highest BCUT2D eigenvalue weighted by molar-refractivity contribution is 6.28. The summed E-state index contributed by atoms with van der Waals surface area (Å²) in [6, 6.07) is 0. The molecular formula is C9H11ClN4O2. The van der Waals surface area contributed by atoms with Gasteiger partial charge in [0.25, 0.3) is 0 Å². The van der Waals surface area contributed by atoms with Gasteiger partial charge in [0.05, 0.1) is 4.92 Å². The molecule has 1 heterocycles. The van der Waals surface area contributed by atoms with E-state index in [1.54, 1.807) is 0 Å². The van der Waals surface area contributed by atoms with Gasteiger partial charge >= 0.3 is 5.69 Å². The zero-order valence-corrected chi connectivity index (χ0v) is 9.28. The average Bonchev–Trinajstić information content (AvgIpc) is 3.01. The highest BCUT2D eigenvalue weighted by Gasteiger charge is 2.21. The average molecular weight is 243 g/mol. The molecule has 0 spiro atoms. The molecule has 1 saturated carbocycles. The predicted octanol–water partition coefficient (Wildman–Crippen LogP) is 2.25. The van der Waals surface area contributed by atoms with Crippen LogP contribution in [0.1, 0.15) is 19.3 Å². The second-order valence-electron chi connectivity index (χ2n) is 3.79. The second kappa shape index (κ2) is 4.61. The number of hydrogen-bond donors (Lipinski definition) is 1. The van der Waals surface area contributed by atoms with Gasteiger partial charge in [-0.3, -0.25) is 10.1 Å². The lowest BCUT2D eigenvalue weighted by molar-refractivity contribution is -0.384. The Balaban J connectivity index is 2.03. The van der Waals surface area contributed by atoms with E-state index in [0.717, 1.165) is 18.5 Å². The monoisotopic (exact) mass is 242 g/mol. The van der Waals surface area contributed by atoms with Gasteiger partial charge in [0.15, 0.2) is 0 Å². The molecule has 0 aromatic carbocycles. The fraction of sp³-hybridized carbons (Fsp3) is 0.556. The molecule has 0 atom stereocenters. The van der Waals surface area contributed by atoms with Crippen molar-refractivity contribution in [2.45, 2.75) is 19.3 Å². The third kappa shape index (κ3) is 2.79. The largest absolute Gasteiger partial charge is 0.364 e. The van der Waals surface area contributed by atoms with Gasteiger partial charge in [0, 0.05) is 6.54 Å². The summed E-state index contributed by atoms with van der Waals surface area (Å²) in [4.78, 5) is 17.6. The van der Waals surface area contributed by atoms with Crippen LogP contribution in [0, 0.1) is 16.0 Å². The lowest BCUT2D eigenvalue weighted by Gasteiger charge is -2.04. The van der Waals surface area contributed by atoms with Gasteiger partial charge in [-0.2, -0.15) is 4.98 Å². The summed E-state index contributed by atoms with van der Waals surface area (Å²) in [6.07, 6.45) is 4.65. The van der Waals surface area contributed by atoms with E-state index in [1.165, 1.54) is 12.8 Å². The van der Waals surface area contributed by atoms with Gasteiger partial charge in [-0.15, -0.1) is 0 Å². The lowest BCUT2D eigenvalue weighted by Crippen LogP contribution is -2.07. The van der Waals surface area contributed by atoms with Crippen LogP contribution in [0.15, 0.2) is 6.20 Å². The molecule has 7 heteroatoms. The van der Waals surface area contributed by atoms with E-state index in [9.17, 15) is 10.1 Å². The van der Waals surface area contributed by atoms with E-state index in [2.05, 4.69) is 15.3 Å². The minimum absolute atomic E-state index is 0.0134. The third-order valence-corrected chi connectivity index (χ3v) is 2.66. The van der Waals surface area contributed by atoms with Gasteiger partial charge in [-0.25, -0.2) is 4.98 Å². The van der Waals surface area contributed by atoms with Gasteiger partial charge in [0.2, 0.25) is 11.1 Å². The standard InChI is InChI=1S/C9H11ClN4O2/c10-9-12-5-7(14(15)16)8(13-9)11-4-3-6-1-2-6/h5-6H,1-4H2,(H,11,12,13). The molecule has 6 nitrogen and oxygen atoms in total. The first-order valence-corrected chi connectivity index (χ1v) is 5.45. The molecule has 1 aromatic heterocycles. The predicted molar refractivity (Wildman–Crippen MR) is 59.5 cm³/mol. The van der Waals surface area contributed by atoms with E-state index in [-0.39, 0.29) is 16.8 Å². The maximum Gasteiger partial charge on any atom is 0.329 e. The molecule has 86 valence electrons. The van der Waals surface area contributed by atoms with Crippen LogP contribution in [0.5, 0.6) is 0 Å². The Labute approximate surface area is 97.2 Å². The maximum absolute atomic E-state index is 10.7. The van der Waals surface area contributed by atoms with Crippen molar-refractivity contribution in [3.63, 3.8) is 0 Å². The molecule has 16 heavy (non-hydrogen) atoms. The fourth-order valence-electron chi connectivity index (χ4n) is 1.42. The van der Waals surface area contributed by atoms with Crippen molar-refractivity contribution in [3.05, 3.63) is 21.6 Å². The summed E-state index contributed by atoms with van der Waals surface area (Å²) in [5.41, 5.74) is -0.139. The van der Waals surface area contributed by atoms with E-state index in [4.69, 9.17) is 11.6 Å². The summed E-state index contributed by atoms with van der Waals surface area (Å²) >= 11 is 5.59. The molecule has 1 aliphatic rings.